The normalized spacial score (nSPS) is 20.9. The van der Waals surface area contributed by atoms with Gasteiger partial charge in [0.1, 0.15) is 30.6 Å². The van der Waals surface area contributed by atoms with Gasteiger partial charge in [0, 0.05) is 24.6 Å². The van der Waals surface area contributed by atoms with Gasteiger partial charge in [-0.25, -0.2) is 13.2 Å². The lowest BCUT2D eigenvalue weighted by Gasteiger charge is -2.33. The number of benzene rings is 1. The van der Waals surface area contributed by atoms with Crippen molar-refractivity contribution in [1.29, 1.82) is 0 Å². The van der Waals surface area contributed by atoms with Crippen LogP contribution in [0.15, 0.2) is 41.5 Å². The topological polar surface area (TPSA) is 98.8 Å². The second kappa shape index (κ2) is 8.41. The molecule has 0 spiro atoms. The summed E-state index contributed by atoms with van der Waals surface area (Å²) in [5.41, 5.74) is 3.89. The molecule has 160 valence electrons. The van der Waals surface area contributed by atoms with Crippen LogP contribution in [0.5, 0.6) is 0 Å². The molecule has 0 unspecified atom stereocenters. The van der Waals surface area contributed by atoms with Crippen molar-refractivity contribution in [2.24, 2.45) is 10.7 Å². The summed E-state index contributed by atoms with van der Waals surface area (Å²) in [6, 6.07) is 6.53. The molecule has 30 heavy (non-hydrogen) atoms. The molecular formula is C20H21F3N4O3. The summed E-state index contributed by atoms with van der Waals surface area (Å²) in [5.74, 6) is -5.20. The van der Waals surface area contributed by atoms with Crippen LogP contribution in [0.4, 0.5) is 18.9 Å². The molecule has 10 heteroatoms. The summed E-state index contributed by atoms with van der Waals surface area (Å²) >= 11 is 0. The van der Waals surface area contributed by atoms with Gasteiger partial charge in [0.05, 0.1) is 6.61 Å². The molecule has 2 aromatic rings. The predicted octanol–water partition coefficient (Wildman–Crippen LogP) is 2.86. The van der Waals surface area contributed by atoms with E-state index in [-0.39, 0.29) is 23.8 Å². The van der Waals surface area contributed by atoms with Crippen LogP contribution in [0.1, 0.15) is 28.5 Å². The SMILES string of the molecule is COCc1ccc(C(=O)Nc2ccc(F)c([C@@]3(C)N=C(N)COCC3(F)F)c2)nc1. The van der Waals surface area contributed by atoms with Crippen molar-refractivity contribution in [3.8, 4) is 0 Å². The number of pyridine rings is 1. The number of rotatable bonds is 5. The second-order valence-corrected chi connectivity index (χ2v) is 7.01. The van der Waals surface area contributed by atoms with Gasteiger partial charge in [0.15, 0.2) is 5.54 Å². The summed E-state index contributed by atoms with van der Waals surface area (Å²) in [6.07, 6.45) is 1.49. The summed E-state index contributed by atoms with van der Waals surface area (Å²) in [6.45, 7) is 0.167. The standard InChI is InChI=1S/C20H21F3N4O3/c1-19(20(22,23)11-30-10-17(24)27-19)14-7-13(4-5-15(14)21)26-18(28)16-6-3-12(8-25-16)9-29-2/h3-8H,9-11H2,1-2H3,(H2,24,27)(H,26,28)/t19-/m1/s1. The van der Waals surface area contributed by atoms with Gasteiger partial charge in [-0.15, -0.1) is 0 Å². The Balaban J connectivity index is 1.91. The Labute approximate surface area is 171 Å². The van der Waals surface area contributed by atoms with Crippen molar-refractivity contribution in [2.75, 3.05) is 25.6 Å². The minimum Gasteiger partial charge on any atom is -0.385 e. The molecule has 1 atom stereocenters. The van der Waals surface area contributed by atoms with Gasteiger partial charge in [-0.05, 0) is 36.8 Å². The second-order valence-electron chi connectivity index (χ2n) is 7.01. The van der Waals surface area contributed by atoms with Crippen LogP contribution in [0.25, 0.3) is 0 Å². The first-order valence-electron chi connectivity index (χ1n) is 9.01. The summed E-state index contributed by atoms with van der Waals surface area (Å²) in [7, 11) is 1.54. The zero-order valence-corrected chi connectivity index (χ0v) is 16.4. The summed E-state index contributed by atoms with van der Waals surface area (Å²) in [4.78, 5) is 20.3. The van der Waals surface area contributed by atoms with E-state index in [4.69, 9.17) is 15.2 Å². The quantitative estimate of drug-likeness (QED) is 0.772. The molecule has 0 saturated heterocycles. The number of hydrogen-bond acceptors (Lipinski definition) is 6. The Bertz CT molecular complexity index is 966. The van der Waals surface area contributed by atoms with Gasteiger partial charge in [-0.2, -0.15) is 0 Å². The third-order valence-corrected chi connectivity index (χ3v) is 4.73. The van der Waals surface area contributed by atoms with E-state index < -0.39 is 35.4 Å². The van der Waals surface area contributed by atoms with Crippen LogP contribution in [-0.2, 0) is 21.6 Å². The highest BCUT2D eigenvalue weighted by atomic mass is 19.3. The fourth-order valence-electron chi connectivity index (χ4n) is 3.06. The molecule has 0 radical (unpaired) electrons. The third-order valence-electron chi connectivity index (χ3n) is 4.73. The number of alkyl halides is 2. The maximum absolute atomic E-state index is 14.8. The molecule has 1 aliphatic rings. The smallest absolute Gasteiger partial charge is 0.299 e. The maximum atomic E-state index is 14.8. The van der Waals surface area contributed by atoms with E-state index in [0.29, 0.717) is 6.61 Å². The van der Waals surface area contributed by atoms with Crippen molar-refractivity contribution in [1.82, 2.24) is 4.98 Å². The lowest BCUT2D eigenvalue weighted by Crippen LogP contribution is -2.45. The average molecular weight is 422 g/mol. The number of nitrogens with one attached hydrogen (secondary N) is 1. The fraction of sp³-hybridized carbons (Fsp3) is 0.350. The number of halogens is 3. The van der Waals surface area contributed by atoms with E-state index >= 15 is 0 Å². The van der Waals surface area contributed by atoms with E-state index in [1.165, 1.54) is 25.4 Å². The number of amidine groups is 1. The molecule has 1 aliphatic heterocycles. The molecule has 2 heterocycles. The van der Waals surface area contributed by atoms with Crippen LogP contribution < -0.4 is 11.1 Å². The molecule has 0 saturated carbocycles. The van der Waals surface area contributed by atoms with E-state index in [1.807, 2.05) is 0 Å². The Kier molecular flexibility index (Phi) is 6.09. The first-order chi connectivity index (χ1) is 14.2. The molecule has 0 fully saturated rings. The minimum absolute atomic E-state index is 0.0994. The molecule has 1 amide bonds. The number of carbonyl (C=O) groups is 1. The molecule has 1 aromatic heterocycles. The Morgan fingerprint density at radius 3 is 2.77 bits per heavy atom. The number of aromatic nitrogens is 1. The molecule has 3 rings (SSSR count). The van der Waals surface area contributed by atoms with E-state index in [2.05, 4.69) is 15.3 Å². The van der Waals surface area contributed by atoms with E-state index in [0.717, 1.165) is 24.6 Å². The van der Waals surface area contributed by atoms with Gasteiger partial charge in [-0.1, -0.05) is 6.07 Å². The Hall–Kier alpha value is -2.98. The van der Waals surface area contributed by atoms with Gasteiger partial charge < -0.3 is 20.5 Å². The number of anilines is 1. The summed E-state index contributed by atoms with van der Waals surface area (Å²) < 4.78 is 53.9. The van der Waals surface area contributed by atoms with E-state index in [9.17, 15) is 18.0 Å². The molecule has 0 aliphatic carbocycles. The molecular weight excluding hydrogens is 401 g/mol. The van der Waals surface area contributed by atoms with Gasteiger partial charge >= 0.3 is 0 Å². The third kappa shape index (κ3) is 4.29. The fourth-order valence-corrected chi connectivity index (χ4v) is 3.06. The van der Waals surface area contributed by atoms with Crippen LogP contribution >= 0.6 is 0 Å². The molecule has 1 aromatic carbocycles. The number of carbonyl (C=O) groups excluding carboxylic acids is 1. The van der Waals surface area contributed by atoms with Crippen LogP contribution in [0.3, 0.4) is 0 Å². The Morgan fingerprint density at radius 2 is 2.10 bits per heavy atom. The molecule has 7 nitrogen and oxygen atoms in total. The lowest BCUT2D eigenvalue weighted by molar-refractivity contribution is -0.116. The van der Waals surface area contributed by atoms with Crippen LogP contribution in [-0.4, -0.2) is 43.0 Å². The zero-order chi connectivity index (χ0) is 21.9. The van der Waals surface area contributed by atoms with Gasteiger partial charge in [-0.3, -0.25) is 14.8 Å². The highest BCUT2D eigenvalue weighted by Crippen LogP contribution is 2.44. The summed E-state index contributed by atoms with van der Waals surface area (Å²) in [5, 5.41) is 2.53. The number of amides is 1. The van der Waals surface area contributed by atoms with Crippen molar-refractivity contribution < 1.29 is 27.4 Å². The number of ether oxygens (including phenoxy) is 2. The van der Waals surface area contributed by atoms with Crippen molar-refractivity contribution in [2.45, 2.75) is 25.0 Å². The number of nitrogens with two attached hydrogens (primary N) is 1. The number of methoxy groups -OCH3 is 1. The van der Waals surface area contributed by atoms with Gasteiger partial charge in [0.25, 0.3) is 11.8 Å². The van der Waals surface area contributed by atoms with Gasteiger partial charge in [0.2, 0.25) is 0 Å². The molecule has 0 bridgehead atoms. The van der Waals surface area contributed by atoms with Crippen molar-refractivity contribution in [3.63, 3.8) is 0 Å². The van der Waals surface area contributed by atoms with Crippen LogP contribution in [0.2, 0.25) is 0 Å². The number of hydrogen-bond donors (Lipinski definition) is 2. The first-order valence-corrected chi connectivity index (χ1v) is 9.01. The maximum Gasteiger partial charge on any atom is 0.299 e. The average Bonchev–Trinajstić information content (AvgIpc) is 2.79. The highest BCUT2D eigenvalue weighted by molar-refractivity contribution is 6.02. The highest BCUT2D eigenvalue weighted by Gasteiger charge is 2.54. The Morgan fingerprint density at radius 1 is 1.33 bits per heavy atom. The minimum atomic E-state index is -3.53. The molecule has 3 N–H and O–H groups in total. The number of aliphatic imine (C=N–C) groups is 1. The lowest BCUT2D eigenvalue weighted by atomic mass is 9.85. The largest absolute Gasteiger partial charge is 0.385 e. The number of nitrogens with zero attached hydrogens (tertiary/aromatic N) is 2. The van der Waals surface area contributed by atoms with E-state index in [1.54, 1.807) is 6.07 Å². The van der Waals surface area contributed by atoms with Crippen molar-refractivity contribution in [3.05, 3.63) is 59.2 Å². The van der Waals surface area contributed by atoms with Crippen LogP contribution in [0, 0.1) is 5.82 Å². The monoisotopic (exact) mass is 422 g/mol. The zero-order valence-electron chi connectivity index (χ0n) is 16.4. The first kappa shape index (κ1) is 21.7. The van der Waals surface area contributed by atoms with Crippen molar-refractivity contribution >= 4 is 17.4 Å². The predicted molar refractivity (Wildman–Crippen MR) is 104 cm³/mol.